The monoisotopic (exact) mass is 339 g/mol. The molecule has 0 bridgehead atoms. The van der Waals surface area contributed by atoms with Crippen LogP contribution < -0.4 is 5.32 Å². The quantitative estimate of drug-likeness (QED) is 0.713. The number of aryl methyl sites for hydroxylation is 2. The number of hydrogen-bond donors (Lipinski definition) is 1. The van der Waals surface area contributed by atoms with E-state index in [2.05, 4.69) is 17.4 Å². The number of ether oxygens (including phenoxy) is 1. The van der Waals surface area contributed by atoms with Crippen molar-refractivity contribution >= 4 is 11.9 Å². The summed E-state index contributed by atoms with van der Waals surface area (Å²) in [5.41, 5.74) is 2.33. The highest BCUT2D eigenvalue weighted by Crippen LogP contribution is 2.08. The third kappa shape index (κ3) is 6.79. The topological polar surface area (TPSA) is 55.4 Å². The average Bonchev–Trinajstić information content (AvgIpc) is 2.66. The second-order valence-corrected chi connectivity index (χ2v) is 6.01. The Morgan fingerprint density at radius 2 is 1.48 bits per heavy atom. The second kappa shape index (κ2) is 10.3. The van der Waals surface area contributed by atoms with Crippen LogP contribution in [0.3, 0.4) is 0 Å². The third-order valence-electron chi connectivity index (χ3n) is 4.11. The van der Waals surface area contributed by atoms with E-state index in [9.17, 15) is 9.59 Å². The van der Waals surface area contributed by atoms with Gasteiger partial charge in [0.2, 0.25) is 5.91 Å². The molecule has 0 radical (unpaired) electrons. The van der Waals surface area contributed by atoms with Gasteiger partial charge in [-0.3, -0.25) is 4.79 Å². The summed E-state index contributed by atoms with van der Waals surface area (Å²) in [6, 6.07) is 19.3. The molecule has 132 valence electrons. The molecule has 0 saturated carbocycles. The number of amides is 1. The van der Waals surface area contributed by atoms with Crippen LogP contribution in [-0.4, -0.2) is 25.0 Å². The van der Waals surface area contributed by atoms with Gasteiger partial charge in [0.15, 0.2) is 0 Å². The summed E-state index contributed by atoms with van der Waals surface area (Å²) in [5, 5.41) is 2.81. The first-order chi connectivity index (χ1) is 12.2. The van der Waals surface area contributed by atoms with Gasteiger partial charge in [-0.2, -0.15) is 0 Å². The van der Waals surface area contributed by atoms with E-state index in [-0.39, 0.29) is 11.9 Å². The Bertz CT molecular complexity index is 655. The summed E-state index contributed by atoms with van der Waals surface area (Å²) in [5.74, 6) is -0.514. The number of nitrogens with one attached hydrogen (secondary N) is 1. The fourth-order valence-electron chi connectivity index (χ4n) is 2.72. The van der Waals surface area contributed by atoms with Crippen LogP contribution in [0.25, 0.3) is 0 Å². The molecular formula is C21H25NO3. The minimum absolute atomic E-state index is 0.126. The van der Waals surface area contributed by atoms with Crippen LogP contribution in [0.4, 0.5) is 0 Å². The summed E-state index contributed by atoms with van der Waals surface area (Å²) < 4.78 is 4.83. The number of esters is 1. The molecule has 0 aliphatic carbocycles. The van der Waals surface area contributed by atoms with Crippen molar-refractivity contribution in [2.24, 2.45) is 0 Å². The van der Waals surface area contributed by atoms with Crippen molar-refractivity contribution < 1.29 is 14.3 Å². The van der Waals surface area contributed by atoms with E-state index >= 15 is 0 Å². The predicted octanol–water partition coefficient (Wildman–Crippen LogP) is 3.30. The summed E-state index contributed by atoms with van der Waals surface area (Å²) in [4.78, 5) is 24.1. The molecule has 0 spiro atoms. The number of hydrogen-bond acceptors (Lipinski definition) is 3. The van der Waals surface area contributed by atoms with Gasteiger partial charge in [-0.05, 0) is 36.8 Å². The van der Waals surface area contributed by atoms with Crippen molar-refractivity contribution in [3.63, 3.8) is 0 Å². The number of carbonyl (C=O) groups excluding carboxylic acids is 2. The van der Waals surface area contributed by atoms with E-state index in [0.29, 0.717) is 19.3 Å². The maximum Gasteiger partial charge on any atom is 0.328 e. The van der Waals surface area contributed by atoms with Crippen molar-refractivity contribution in [3.05, 3.63) is 71.8 Å². The molecule has 0 heterocycles. The van der Waals surface area contributed by atoms with Gasteiger partial charge < -0.3 is 10.1 Å². The normalized spacial score (nSPS) is 11.6. The van der Waals surface area contributed by atoms with Gasteiger partial charge in [0.25, 0.3) is 0 Å². The van der Waals surface area contributed by atoms with E-state index < -0.39 is 6.04 Å². The van der Waals surface area contributed by atoms with Gasteiger partial charge in [0.05, 0.1) is 7.11 Å². The lowest BCUT2D eigenvalue weighted by Gasteiger charge is -2.16. The zero-order valence-electron chi connectivity index (χ0n) is 14.6. The van der Waals surface area contributed by atoms with Gasteiger partial charge in [0, 0.05) is 6.42 Å². The maximum absolute atomic E-state index is 12.2. The predicted molar refractivity (Wildman–Crippen MR) is 98.1 cm³/mol. The summed E-state index contributed by atoms with van der Waals surface area (Å²) in [6.45, 7) is 0. The molecule has 4 heteroatoms. The van der Waals surface area contributed by atoms with Crippen LogP contribution >= 0.6 is 0 Å². The highest BCUT2D eigenvalue weighted by Gasteiger charge is 2.20. The molecule has 4 nitrogen and oxygen atoms in total. The maximum atomic E-state index is 12.2. The molecule has 1 N–H and O–H groups in total. The molecule has 0 saturated heterocycles. The molecule has 2 aromatic rings. The highest BCUT2D eigenvalue weighted by molar-refractivity contribution is 5.84. The molecule has 0 unspecified atom stereocenters. The number of carbonyl (C=O) groups is 2. The average molecular weight is 339 g/mol. The molecule has 1 amide bonds. The first-order valence-corrected chi connectivity index (χ1v) is 8.64. The molecular weight excluding hydrogens is 314 g/mol. The van der Waals surface area contributed by atoms with Crippen molar-refractivity contribution in [2.75, 3.05) is 7.11 Å². The van der Waals surface area contributed by atoms with Crippen molar-refractivity contribution in [2.45, 2.75) is 38.1 Å². The molecule has 25 heavy (non-hydrogen) atoms. The standard InChI is InChI=1S/C21H25NO3/c1-25-21(24)19(14-8-13-17-9-4-2-5-10-17)22-20(23)16-15-18-11-6-3-7-12-18/h2-7,9-12,19H,8,13-16H2,1H3,(H,22,23)/t19-/m0/s1. The lowest BCUT2D eigenvalue weighted by Crippen LogP contribution is -2.41. The van der Waals surface area contributed by atoms with E-state index in [4.69, 9.17) is 4.74 Å². The number of methoxy groups -OCH3 is 1. The Morgan fingerprint density at radius 1 is 0.920 bits per heavy atom. The summed E-state index contributed by atoms with van der Waals surface area (Å²) in [7, 11) is 1.35. The van der Waals surface area contributed by atoms with Crippen molar-refractivity contribution in [1.29, 1.82) is 0 Å². The molecule has 0 fully saturated rings. The van der Waals surface area contributed by atoms with Gasteiger partial charge in [-0.1, -0.05) is 60.7 Å². The highest BCUT2D eigenvalue weighted by atomic mass is 16.5. The Labute approximate surface area is 149 Å². The molecule has 0 aliphatic heterocycles. The number of benzene rings is 2. The largest absolute Gasteiger partial charge is 0.467 e. The Morgan fingerprint density at radius 3 is 2.04 bits per heavy atom. The lowest BCUT2D eigenvalue weighted by atomic mass is 10.0. The SMILES string of the molecule is COC(=O)[C@H](CCCc1ccccc1)NC(=O)CCc1ccccc1. The minimum Gasteiger partial charge on any atom is -0.467 e. The Hall–Kier alpha value is -2.62. The van der Waals surface area contributed by atoms with E-state index in [1.165, 1.54) is 12.7 Å². The molecule has 0 aromatic heterocycles. The van der Waals surface area contributed by atoms with Gasteiger partial charge in [-0.25, -0.2) is 4.79 Å². The minimum atomic E-state index is -0.586. The Balaban J connectivity index is 1.80. The zero-order valence-corrected chi connectivity index (χ0v) is 14.6. The summed E-state index contributed by atoms with van der Waals surface area (Å²) >= 11 is 0. The second-order valence-electron chi connectivity index (χ2n) is 6.01. The smallest absolute Gasteiger partial charge is 0.328 e. The Kier molecular flexibility index (Phi) is 7.70. The molecule has 1 atom stereocenters. The van der Waals surface area contributed by atoms with Gasteiger partial charge >= 0.3 is 5.97 Å². The van der Waals surface area contributed by atoms with E-state index in [0.717, 1.165) is 18.4 Å². The van der Waals surface area contributed by atoms with Crippen LogP contribution in [0.1, 0.15) is 30.4 Å². The molecule has 2 rings (SSSR count). The van der Waals surface area contributed by atoms with Gasteiger partial charge in [0.1, 0.15) is 6.04 Å². The van der Waals surface area contributed by atoms with Gasteiger partial charge in [-0.15, -0.1) is 0 Å². The van der Waals surface area contributed by atoms with Crippen LogP contribution in [-0.2, 0) is 27.2 Å². The van der Waals surface area contributed by atoms with Crippen LogP contribution in [0.5, 0.6) is 0 Å². The summed E-state index contributed by atoms with van der Waals surface area (Å²) in [6.07, 6.45) is 3.26. The number of rotatable bonds is 9. The molecule has 0 aliphatic rings. The van der Waals surface area contributed by atoms with Crippen molar-refractivity contribution in [1.82, 2.24) is 5.32 Å². The fourth-order valence-corrected chi connectivity index (χ4v) is 2.72. The lowest BCUT2D eigenvalue weighted by molar-refractivity contribution is -0.145. The molecule has 2 aromatic carbocycles. The first kappa shape index (κ1) is 18.7. The van der Waals surface area contributed by atoms with Crippen molar-refractivity contribution in [3.8, 4) is 0 Å². The zero-order chi connectivity index (χ0) is 17.9. The van der Waals surface area contributed by atoms with Crippen LogP contribution in [0, 0.1) is 0 Å². The fraction of sp³-hybridized carbons (Fsp3) is 0.333. The third-order valence-corrected chi connectivity index (χ3v) is 4.11. The van der Waals surface area contributed by atoms with Crippen LogP contribution in [0.15, 0.2) is 60.7 Å². The van der Waals surface area contributed by atoms with E-state index in [1.807, 2.05) is 48.5 Å². The van der Waals surface area contributed by atoms with Crippen LogP contribution in [0.2, 0.25) is 0 Å². The first-order valence-electron chi connectivity index (χ1n) is 8.64. The van der Waals surface area contributed by atoms with E-state index in [1.54, 1.807) is 0 Å².